The van der Waals surface area contributed by atoms with Gasteiger partial charge in [-0.1, -0.05) is 0 Å². The fraction of sp³-hybridized carbons (Fsp3) is 0.316. The van der Waals surface area contributed by atoms with Crippen LogP contribution >= 0.6 is 0 Å². The van der Waals surface area contributed by atoms with E-state index in [-0.39, 0.29) is 11.7 Å². The Morgan fingerprint density at radius 1 is 1.31 bits per heavy atom. The number of pyridine rings is 1. The molecule has 134 valence electrons. The summed E-state index contributed by atoms with van der Waals surface area (Å²) < 4.78 is 7.05. The smallest absolute Gasteiger partial charge is 0.332 e. The SMILES string of the molecule is CC(C)(C)OC(=O)C1CNc2ccc(-n3c(=O)[nH]c4cccnc43)cc21. The number of imidazole rings is 1. The van der Waals surface area contributed by atoms with Crippen molar-refractivity contribution in [1.82, 2.24) is 14.5 Å². The molecule has 0 saturated heterocycles. The summed E-state index contributed by atoms with van der Waals surface area (Å²) in [6.45, 7) is 6.03. The van der Waals surface area contributed by atoms with Crippen molar-refractivity contribution in [2.45, 2.75) is 32.3 Å². The quantitative estimate of drug-likeness (QED) is 0.692. The Kier molecular flexibility index (Phi) is 3.61. The first-order valence-electron chi connectivity index (χ1n) is 8.50. The summed E-state index contributed by atoms with van der Waals surface area (Å²) in [5.74, 6) is -0.677. The lowest BCUT2D eigenvalue weighted by Gasteiger charge is -2.22. The molecule has 3 aromatic rings. The van der Waals surface area contributed by atoms with Gasteiger partial charge < -0.3 is 15.0 Å². The largest absolute Gasteiger partial charge is 0.459 e. The third-order valence-electron chi connectivity index (χ3n) is 4.30. The molecule has 1 aliphatic heterocycles. The van der Waals surface area contributed by atoms with Gasteiger partial charge in [0.2, 0.25) is 0 Å². The molecule has 2 aromatic heterocycles. The van der Waals surface area contributed by atoms with Crippen LogP contribution in [-0.4, -0.2) is 32.7 Å². The number of aromatic nitrogens is 3. The second-order valence-electron chi connectivity index (χ2n) is 7.38. The summed E-state index contributed by atoms with van der Waals surface area (Å²) in [7, 11) is 0. The van der Waals surface area contributed by atoms with Gasteiger partial charge in [-0.25, -0.2) is 14.3 Å². The minimum Gasteiger partial charge on any atom is -0.459 e. The molecule has 0 radical (unpaired) electrons. The molecule has 1 atom stereocenters. The molecular weight excluding hydrogens is 332 g/mol. The molecule has 1 aliphatic rings. The fourth-order valence-electron chi connectivity index (χ4n) is 3.22. The predicted octanol–water partition coefficient (Wildman–Crippen LogP) is 2.56. The van der Waals surface area contributed by atoms with Crippen LogP contribution < -0.4 is 11.0 Å². The van der Waals surface area contributed by atoms with Crippen LogP contribution in [0.3, 0.4) is 0 Å². The number of benzene rings is 1. The first-order chi connectivity index (χ1) is 12.3. The van der Waals surface area contributed by atoms with Crippen LogP contribution in [0.1, 0.15) is 32.3 Å². The van der Waals surface area contributed by atoms with E-state index in [9.17, 15) is 9.59 Å². The van der Waals surface area contributed by atoms with Gasteiger partial charge in [-0.2, -0.15) is 0 Å². The zero-order valence-corrected chi connectivity index (χ0v) is 14.9. The van der Waals surface area contributed by atoms with E-state index >= 15 is 0 Å². The van der Waals surface area contributed by atoms with Gasteiger partial charge >= 0.3 is 11.7 Å². The number of rotatable bonds is 2. The van der Waals surface area contributed by atoms with E-state index in [4.69, 9.17) is 4.74 Å². The van der Waals surface area contributed by atoms with Gasteiger partial charge in [0, 0.05) is 18.4 Å². The normalized spacial score (nSPS) is 16.3. The average Bonchev–Trinajstić information content (AvgIpc) is 3.12. The number of aromatic amines is 1. The Balaban J connectivity index is 1.78. The summed E-state index contributed by atoms with van der Waals surface area (Å²) in [5, 5.41) is 3.23. The van der Waals surface area contributed by atoms with Crippen molar-refractivity contribution in [3.63, 3.8) is 0 Å². The first-order valence-corrected chi connectivity index (χ1v) is 8.50. The molecule has 1 aromatic carbocycles. The monoisotopic (exact) mass is 352 g/mol. The standard InChI is InChI=1S/C19H20N4O3/c1-19(2,3)26-17(24)13-10-21-14-7-6-11(9-12(13)14)23-16-15(22-18(23)25)5-4-8-20-16/h4-9,13,21H,10H2,1-3H3,(H,22,25). The highest BCUT2D eigenvalue weighted by Crippen LogP contribution is 2.35. The molecule has 3 heterocycles. The van der Waals surface area contributed by atoms with E-state index in [0.717, 1.165) is 11.3 Å². The Labute approximate surface area is 150 Å². The van der Waals surface area contributed by atoms with Gasteiger partial charge in [-0.3, -0.25) is 4.79 Å². The van der Waals surface area contributed by atoms with E-state index in [2.05, 4.69) is 15.3 Å². The highest BCUT2D eigenvalue weighted by Gasteiger charge is 2.32. The fourth-order valence-corrected chi connectivity index (χ4v) is 3.22. The van der Waals surface area contributed by atoms with Crippen molar-refractivity contribution < 1.29 is 9.53 Å². The number of nitrogens with zero attached hydrogens (tertiary/aromatic N) is 2. The van der Waals surface area contributed by atoms with Crippen molar-refractivity contribution in [3.05, 3.63) is 52.6 Å². The summed E-state index contributed by atoms with van der Waals surface area (Å²) in [4.78, 5) is 32.0. The number of esters is 1. The lowest BCUT2D eigenvalue weighted by atomic mass is 10.0. The van der Waals surface area contributed by atoms with Gasteiger partial charge in [-0.05, 0) is 56.7 Å². The van der Waals surface area contributed by atoms with Crippen LogP contribution in [0.5, 0.6) is 0 Å². The average molecular weight is 352 g/mol. The van der Waals surface area contributed by atoms with Gasteiger partial charge in [0.05, 0.1) is 11.2 Å². The number of H-pyrrole nitrogens is 1. The third-order valence-corrected chi connectivity index (χ3v) is 4.30. The number of hydrogen-bond donors (Lipinski definition) is 2. The number of nitrogens with one attached hydrogen (secondary N) is 2. The zero-order valence-electron chi connectivity index (χ0n) is 14.9. The number of ether oxygens (including phenoxy) is 1. The molecule has 0 saturated carbocycles. The number of hydrogen-bond acceptors (Lipinski definition) is 5. The van der Waals surface area contributed by atoms with Gasteiger partial charge in [-0.15, -0.1) is 0 Å². The summed E-state index contributed by atoms with van der Waals surface area (Å²) in [6, 6.07) is 9.15. The molecule has 0 spiro atoms. The molecule has 2 N–H and O–H groups in total. The van der Waals surface area contributed by atoms with Crippen molar-refractivity contribution >= 4 is 22.8 Å². The molecule has 7 nitrogen and oxygen atoms in total. The highest BCUT2D eigenvalue weighted by molar-refractivity contribution is 5.85. The third kappa shape index (κ3) is 2.75. The van der Waals surface area contributed by atoms with Crippen LogP contribution in [0.25, 0.3) is 16.9 Å². The summed E-state index contributed by atoms with van der Waals surface area (Å²) in [5.41, 5.74) is 2.78. The topological polar surface area (TPSA) is 89.0 Å². The molecule has 7 heteroatoms. The van der Waals surface area contributed by atoms with E-state index in [1.807, 2.05) is 39.0 Å². The summed E-state index contributed by atoms with van der Waals surface area (Å²) >= 11 is 0. The van der Waals surface area contributed by atoms with E-state index in [1.54, 1.807) is 18.3 Å². The maximum Gasteiger partial charge on any atom is 0.332 e. The highest BCUT2D eigenvalue weighted by atomic mass is 16.6. The molecule has 4 rings (SSSR count). The van der Waals surface area contributed by atoms with Crippen molar-refractivity contribution in [3.8, 4) is 5.69 Å². The second-order valence-corrected chi connectivity index (χ2v) is 7.38. The zero-order chi connectivity index (χ0) is 18.5. The summed E-state index contributed by atoms with van der Waals surface area (Å²) in [6.07, 6.45) is 1.64. The Hall–Kier alpha value is -3.09. The van der Waals surface area contributed by atoms with E-state index in [1.165, 1.54) is 4.57 Å². The molecule has 0 bridgehead atoms. The van der Waals surface area contributed by atoms with Gasteiger partial charge in [0.1, 0.15) is 11.5 Å². The lowest BCUT2D eigenvalue weighted by molar-refractivity contribution is -0.156. The molecular formula is C19H20N4O3. The van der Waals surface area contributed by atoms with Crippen molar-refractivity contribution in [2.24, 2.45) is 0 Å². The van der Waals surface area contributed by atoms with E-state index < -0.39 is 11.5 Å². The maximum atomic E-state index is 12.6. The molecule has 0 fully saturated rings. The van der Waals surface area contributed by atoms with Crippen molar-refractivity contribution in [2.75, 3.05) is 11.9 Å². The van der Waals surface area contributed by atoms with Crippen LogP contribution in [-0.2, 0) is 9.53 Å². The molecule has 0 amide bonds. The number of carbonyl (C=O) groups excluding carboxylic acids is 1. The van der Waals surface area contributed by atoms with Crippen LogP contribution in [0, 0.1) is 0 Å². The Morgan fingerprint density at radius 2 is 2.12 bits per heavy atom. The van der Waals surface area contributed by atoms with Gasteiger partial charge in [0.15, 0.2) is 5.65 Å². The number of fused-ring (bicyclic) bond motifs is 2. The molecule has 0 aliphatic carbocycles. The van der Waals surface area contributed by atoms with Crippen LogP contribution in [0.15, 0.2) is 41.3 Å². The second kappa shape index (κ2) is 5.72. The molecule has 1 unspecified atom stereocenters. The maximum absolute atomic E-state index is 12.6. The minimum absolute atomic E-state index is 0.265. The van der Waals surface area contributed by atoms with Crippen LogP contribution in [0.4, 0.5) is 5.69 Å². The van der Waals surface area contributed by atoms with Crippen molar-refractivity contribution in [1.29, 1.82) is 0 Å². The minimum atomic E-state index is -0.546. The van der Waals surface area contributed by atoms with E-state index in [0.29, 0.717) is 23.4 Å². The molecule has 26 heavy (non-hydrogen) atoms. The van der Waals surface area contributed by atoms with Gasteiger partial charge in [0.25, 0.3) is 0 Å². The number of anilines is 1. The number of carbonyl (C=O) groups is 1. The first kappa shape index (κ1) is 16.4. The lowest BCUT2D eigenvalue weighted by Crippen LogP contribution is -2.28. The Bertz CT molecular complexity index is 1060. The predicted molar refractivity (Wildman–Crippen MR) is 98.8 cm³/mol. The van der Waals surface area contributed by atoms with Crippen LogP contribution in [0.2, 0.25) is 0 Å². The Morgan fingerprint density at radius 3 is 2.88 bits per heavy atom.